The van der Waals surface area contributed by atoms with Crippen molar-refractivity contribution in [3.05, 3.63) is 30.5 Å². The molecule has 73 valence electrons. The molecule has 5 heteroatoms. The van der Waals surface area contributed by atoms with Crippen LogP contribution in [0.2, 0.25) is 0 Å². The first-order chi connectivity index (χ1) is 6.54. The molecule has 0 saturated carbocycles. The van der Waals surface area contributed by atoms with Crippen LogP contribution in [0.3, 0.4) is 0 Å². The summed E-state index contributed by atoms with van der Waals surface area (Å²) in [5.41, 5.74) is 1.10. The van der Waals surface area contributed by atoms with E-state index >= 15 is 0 Å². The third-order valence-corrected chi connectivity index (χ3v) is 2.31. The quantitative estimate of drug-likeness (QED) is 0.819. The summed E-state index contributed by atoms with van der Waals surface area (Å²) in [5.74, 6) is 0. The number of fused-ring (bicyclic) bond motifs is 1. The third-order valence-electron chi connectivity index (χ3n) is 1.70. The van der Waals surface area contributed by atoms with Gasteiger partial charge in [0.25, 0.3) is 0 Å². The Bertz CT molecular complexity index is 556. The van der Waals surface area contributed by atoms with Crippen molar-refractivity contribution in [1.82, 2.24) is 0 Å². The van der Waals surface area contributed by atoms with E-state index in [2.05, 4.69) is 11.0 Å². The number of nitrogens with one attached hydrogen (secondary N) is 1. The Morgan fingerprint density at radius 2 is 2.21 bits per heavy atom. The van der Waals surface area contributed by atoms with Crippen LogP contribution >= 0.6 is 0 Å². The molecule has 0 amide bonds. The molecule has 0 bridgehead atoms. The Morgan fingerprint density at radius 3 is 2.93 bits per heavy atom. The molecule has 14 heavy (non-hydrogen) atoms. The summed E-state index contributed by atoms with van der Waals surface area (Å²) < 4.78 is 29.2. The van der Waals surface area contributed by atoms with Gasteiger partial charge in [0.1, 0.15) is 5.58 Å². The molecule has 2 aromatic rings. The fourth-order valence-corrected chi connectivity index (χ4v) is 1.73. The molecule has 1 aromatic heterocycles. The van der Waals surface area contributed by atoms with Crippen LogP contribution in [-0.4, -0.2) is 14.7 Å². The van der Waals surface area contributed by atoms with Gasteiger partial charge in [0, 0.05) is 11.5 Å². The molecule has 1 aromatic carbocycles. The van der Waals surface area contributed by atoms with Gasteiger partial charge in [-0.2, -0.15) is 0 Å². The molecular weight excluding hydrogens is 202 g/mol. The average Bonchev–Trinajstić information content (AvgIpc) is 2.47. The second kappa shape index (κ2) is 3.02. The second-order valence-electron chi connectivity index (χ2n) is 2.99. The second-order valence-corrected chi connectivity index (χ2v) is 4.74. The highest BCUT2D eigenvalue weighted by Crippen LogP contribution is 2.19. The van der Waals surface area contributed by atoms with E-state index < -0.39 is 10.0 Å². The minimum Gasteiger partial charge on any atom is -0.453 e. The molecule has 0 spiro atoms. The first-order valence-corrected chi connectivity index (χ1v) is 5.81. The number of hydrogen-bond acceptors (Lipinski definition) is 3. The Kier molecular flexibility index (Phi) is 1.96. The Hall–Kier alpha value is -1.49. The predicted octanol–water partition coefficient (Wildman–Crippen LogP) is 1.60. The van der Waals surface area contributed by atoms with E-state index in [1.54, 1.807) is 24.3 Å². The zero-order chi connectivity index (χ0) is 10.2. The lowest BCUT2D eigenvalue weighted by atomic mass is 10.2. The molecule has 1 heterocycles. The zero-order valence-electron chi connectivity index (χ0n) is 7.44. The van der Waals surface area contributed by atoms with Gasteiger partial charge in [-0.1, -0.05) is 0 Å². The number of anilines is 1. The summed E-state index contributed by atoms with van der Waals surface area (Å²) in [4.78, 5) is 0. The lowest BCUT2D eigenvalue weighted by Crippen LogP contribution is -2.09. The summed E-state index contributed by atoms with van der Waals surface area (Å²) in [7, 11) is -3.23. The average molecular weight is 210 g/mol. The van der Waals surface area contributed by atoms with Crippen LogP contribution in [0.4, 0.5) is 5.69 Å². The smallest absolute Gasteiger partial charge is 0.229 e. The van der Waals surface area contributed by atoms with Gasteiger partial charge in [-0.25, -0.2) is 8.42 Å². The molecule has 0 aliphatic heterocycles. The van der Waals surface area contributed by atoms with Crippen molar-refractivity contribution in [2.24, 2.45) is 0 Å². The lowest BCUT2D eigenvalue weighted by molar-refractivity contribution is 0.605. The van der Waals surface area contributed by atoms with Gasteiger partial charge in [0.2, 0.25) is 10.0 Å². The van der Waals surface area contributed by atoms with E-state index in [9.17, 15) is 8.42 Å². The van der Waals surface area contributed by atoms with Gasteiger partial charge in [-0.05, 0) is 18.2 Å². The number of furan rings is 1. The molecule has 0 aliphatic rings. The highest BCUT2D eigenvalue weighted by atomic mass is 32.2. The van der Waals surface area contributed by atoms with Crippen molar-refractivity contribution in [1.29, 1.82) is 0 Å². The molecule has 2 rings (SSSR count). The molecule has 0 fully saturated rings. The van der Waals surface area contributed by atoms with Gasteiger partial charge in [0.15, 0.2) is 6.26 Å². The van der Waals surface area contributed by atoms with Gasteiger partial charge >= 0.3 is 0 Å². The maximum Gasteiger partial charge on any atom is 0.229 e. The van der Waals surface area contributed by atoms with Crippen LogP contribution in [0.1, 0.15) is 0 Å². The molecular formula is C9H8NO3S. The van der Waals surface area contributed by atoms with E-state index in [4.69, 9.17) is 4.42 Å². The fraction of sp³-hybridized carbons (Fsp3) is 0.111. The monoisotopic (exact) mass is 210 g/mol. The minimum absolute atomic E-state index is 0.489. The van der Waals surface area contributed by atoms with E-state index in [-0.39, 0.29) is 0 Å². The van der Waals surface area contributed by atoms with E-state index in [0.717, 1.165) is 11.6 Å². The maximum atomic E-state index is 10.9. The van der Waals surface area contributed by atoms with Crippen LogP contribution in [0.15, 0.2) is 28.7 Å². The van der Waals surface area contributed by atoms with E-state index in [1.165, 1.54) is 0 Å². The molecule has 0 atom stereocenters. The van der Waals surface area contributed by atoms with Crippen molar-refractivity contribution in [2.75, 3.05) is 11.0 Å². The molecule has 1 radical (unpaired) electrons. The highest BCUT2D eigenvalue weighted by molar-refractivity contribution is 7.92. The van der Waals surface area contributed by atoms with Crippen molar-refractivity contribution in [3.63, 3.8) is 0 Å². The molecule has 4 nitrogen and oxygen atoms in total. The molecule has 1 N–H and O–H groups in total. The Labute approximate surface area is 81.6 Å². The summed E-state index contributed by atoms with van der Waals surface area (Å²) in [6.07, 6.45) is 3.68. The zero-order valence-corrected chi connectivity index (χ0v) is 8.26. The Balaban J connectivity index is 2.44. The third kappa shape index (κ3) is 1.88. The maximum absolute atomic E-state index is 10.9. The topological polar surface area (TPSA) is 59.3 Å². The van der Waals surface area contributed by atoms with Crippen LogP contribution < -0.4 is 4.72 Å². The summed E-state index contributed by atoms with van der Waals surface area (Å²) in [5, 5.41) is 0.893. The summed E-state index contributed by atoms with van der Waals surface area (Å²) in [6, 6.07) is 6.75. The van der Waals surface area contributed by atoms with Gasteiger partial charge in [-0.3, -0.25) is 4.72 Å². The largest absolute Gasteiger partial charge is 0.453 e. The lowest BCUT2D eigenvalue weighted by Gasteiger charge is -2.02. The van der Waals surface area contributed by atoms with Crippen molar-refractivity contribution >= 4 is 26.7 Å². The van der Waals surface area contributed by atoms with Crippen molar-refractivity contribution in [3.8, 4) is 0 Å². The molecule has 0 unspecified atom stereocenters. The number of hydrogen-bond donors (Lipinski definition) is 1. The first-order valence-electron chi connectivity index (χ1n) is 3.92. The number of rotatable bonds is 2. The van der Waals surface area contributed by atoms with E-state index in [0.29, 0.717) is 11.3 Å². The van der Waals surface area contributed by atoms with Crippen molar-refractivity contribution in [2.45, 2.75) is 0 Å². The Morgan fingerprint density at radius 1 is 1.43 bits per heavy atom. The molecule has 0 aliphatic carbocycles. The molecule has 0 saturated heterocycles. The summed E-state index contributed by atoms with van der Waals surface area (Å²) in [6.45, 7) is 0. The van der Waals surface area contributed by atoms with Crippen LogP contribution in [0, 0.1) is 6.26 Å². The van der Waals surface area contributed by atoms with Crippen LogP contribution in [0.25, 0.3) is 11.0 Å². The normalized spacial score (nSPS) is 11.8. The SMILES string of the molecule is CS(=O)(=O)Nc1ccc2c[c]oc2c1. The number of benzene rings is 1. The highest BCUT2D eigenvalue weighted by Gasteiger charge is 2.03. The van der Waals surface area contributed by atoms with Gasteiger partial charge < -0.3 is 4.42 Å². The standard InChI is InChI=1S/C9H8NO3S/c1-14(11,12)10-8-3-2-7-4-5-13-9(7)6-8/h2-4,6,10H,1H3. The van der Waals surface area contributed by atoms with Crippen molar-refractivity contribution < 1.29 is 12.8 Å². The number of sulfonamides is 1. The van der Waals surface area contributed by atoms with Crippen LogP contribution in [-0.2, 0) is 10.0 Å². The first kappa shape index (κ1) is 9.08. The minimum atomic E-state index is -3.23. The van der Waals surface area contributed by atoms with Gasteiger partial charge in [0.05, 0.1) is 11.9 Å². The van der Waals surface area contributed by atoms with Gasteiger partial charge in [-0.15, -0.1) is 0 Å². The predicted molar refractivity (Wildman–Crippen MR) is 53.5 cm³/mol. The van der Waals surface area contributed by atoms with Crippen LogP contribution in [0.5, 0.6) is 0 Å². The fourth-order valence-electron chi connectivity index (χ4n) is 1.18. The van der Waals surface area contributed by atoms with E-state index in [1.807, 2.05) is 0 Å². The summed E-state index contributed by atoms with van der Waals surface area (Å²) >= 11 is 0.